The summed E-state index contributed by atoms with van der Waals surface area (Å²) >= 11 is 0. The van der Waals surface area contributed by atoms with Crippen molar-refractivity contribution in [3.63, 3.8) is 0 Å². The Balaban J connectivity index is 2.47. The molecule has 1 aliphatic rings. The summed E-state index contributed by atoms with van der Waals surface area (Å²) < 4.78 is 9.43. The van der Waals surface area contributed by atoms with Crippen LogP contribution in [0.5, 0.6) is 0 Å². The lowest BCUT2D eigenvalue weighted by molar-refractivity contribution is -0.155. The lowest BCUT2D eigenvalue weighted by Gasteiger charge is -2.19. The summed E-state index contributed by atoms with van der Waals surface area (Å²) in [5.74, 6) is -0.236. The second-order valence-corrected chi connectivity index (χ2v) is 3.42. The highest BCUT2D eigenvalue weighted by Gasteiger charge is 2.39. The van der Waals surface area contributed by atoms with Gasteiger partial charge in [0.25, 0.3) is 0 Å². The zero-order valence-corrected chi connectivity index (χ0v) is 8.03. The molecule has 0 amide bonds. The Labute approximate surface area is 77.8 Å². The fourth-order valence-electron chi connectivity index (χ4n) is 1.50. The van der Waals surface area contributed by atoms with Gasteiger partial charge >= 0.3 is 5.97 Å². The minimum absolute atomic E-state index is 0.0996. The molecule has 0 aromatic carbocycles. The minimum atomic E-state index is -1.03. The van der Waals surface area contributed by atoms with Gasteiger partial charge in [0.15, 0.2) is 6.10 Å². The zero-order chi connectivity index (χ0) is 9.84. The van der Waals surface area contributed by atoms with E-state index in [2.05, 4.69) is 4.74 Å². The van der Waals surface area contributed by atoms with Gasteiger partial charge in [-0.2, -0.15) is 0 Å². The molecule has 2 unspecified atom stereocenters. The molecule has 2 atom stereocenters. The molecule has 4 nitrogen and oxygen atoms in total. The smallest absolute Gasteiger partial charge is 0.335 e. The van der Waals surface area contributed by atoms with E-state index >= 15 is 0 Å². The van der Waals surface area contributed by atoms with Gasteiger partial charge in [-0.15, -0.1) is 0 Å². The van der Waals surface area contributed by atoms with Gasteiger partial charge in [0, 0.05) is 13.0 Å². The molecule has 4 heteroatoms. The van der Waals surface area contributed by atoms with Crippen LogP contribution in [0.25, 0.3) is 0 Å². The van der Waals surface area contributed by atoms with Gasteiger partial charge in [-0.25, -0.2) is 4.79 Å². The highest BCUT2D eigenvalue weighted by Crippen LogP contribution is 2.38. The Bertz CT molecular complexity index is 176. The van der Waals surface area contributed by atoms with Crippen LogP contribution in [0.2, 0.25) is 0 Å². The maximum atomic E-state index is 11.0. The third kappa shape index (κ3) is 2.67. The van der Waals surface area contributed by atoms with Crippen LogP contribution in [0.15, 0.2) is 0 Å². The van der Waals surface area contributed by atoms with Crippen LogP contribution < -0.4 is 0 Å². The second-order valence-electron chi connectivity index (χ2n) is 3.42. The fourth-order valence-corrected chi connectivity index (χ4v) is 1.50. The first-order chi connectivity index (χ1) is 6.20. The molecule has 0 aliphatic heterocycles. The van der Waals surface area contributed by atoms with E-state index in [1.54, 1.807) is 7.11 Å². The van der Waals surface area contributed by atoms with Crippen LogP contribution in [-0.2, 0) is 14.3 Å². The molecular weight excluding hydrogens is 172 g/mol. The summed E-state index contributed by atoms with van der Waals surface area (Å²) in [7, 11) is 2.85. The van der Waals surface area contributed by atoms with Crippen molar-refractivity contribution in [1.29, 1.82) is 0 Å². The maximum absolute atomic E-state index is 11.0. The van der Waals surface area contributed by atoms with Gasteiger partial charge in [0.05, 0.1) is 13.7 Å². The Hall–Kier alpha value is -0.610. The number of aliphatic hydroxyl groups excluding tert-OH is 1. The third-order valence-corrected chi connectivity index (χ3v) is 2.43. The number of carbonyl (C=O) groups excluding carboxylic acids is 1. The number of ether oxygens (including phenoxy) is 2. The molecule has 0 spiro atoms. The predicted molar refractivity (Wildman–Crippen MR) is 46.1 cm³/mol. The van der Waals surface area contributed by atoms with Crippen molar-refractivity contribution in [3.05, 3.63) is 0 Å². The van der Waals surface area contributed by atoms with Crippen LogP contribution in [0.1, 0.15) is 12.8 Å². The highest BCUT2D eigenvalue weighted by atomic mass is 16.5. The predicted octanol–water partition coefficient (Wildman–Crippen LogP) is 0.193. The molecule has 1 N–H and O–H groups in total. The molecule has 76 valence electrons. The van der Waals surface area contributed by atoms with Gasteiger partial charge in [-0.3, -0.25) is 0 Å². The molecule has 0 aromatic rings. The van der Waals surface area contributed by atoms with Crippen molar-refractivity contribution in [2.24, 2.45) is 11.8 Å². The highest BCUT2D eigenvalue weighted by molar-refractivity contribution is 5.74. The number of hydrogen-bond acceptors (Lipinski definition) is 4. The molecule has 0 saturated heterocycles. The second kappa shape index (κ2) is 4.58. The van der Waals surface area contributed by atoms with Crippen LogP contribution in [0.4, 0.5) is 0 Å². The number of hydrogen-bond donors (Lipinski definition) is 1. The SMILES string of the molecule is COCC(C1CC1)C(O)C(=O)OC. The van der Waals surface area contributed by atoms with Crippen molar-refractivity contribution in [2.75, 3.05) is 20.8 Å². The van der Waals surface area contributed by atoms with E-state index in [1.165, 1.54) is 7.11 Å². The summed E-state index contributed by atoms with van der Waals surface area (Å²) in [6.45, 7) is 0.418. The molecule has 1 rings (SSSR count). The molecule has 1 saturated carbocycles. The Morgan fingerprint density at radius 2 is 2.15 bits per heavy atom. The number of rotatable bonds is 5. The molecule has 0 aromatic heterocycles. The lowest BCUT2D eigenvalue weighted by Crippen LogP contribution is -2.34. The third-order valence-electron chi connectivity index (χ3n) is 2.43. The number of esters is 1. The van der Waals surface area contributed by atoms with Crippen LogP contribution in [0.3, 0.4) is 0 Å². The van der Waals surface area contributed by atoms with Crippen molar-refractivity contribution in [2.45, 2.75) is 18.9 Å². The van der Waals surface area contributed by atoms with Gasteiger partial charge in [-0.1, -0.05) is 0 Å². The average Bonchev–Trinajstić information content (AvgIpc) is 2.95. The van der Waals surface area contributed by atoms with Crippen LogP contribution in [-0.4, -0.2) is 38.0 Å². The van der Waals surface area contributed by atoms with Crippen molar-refractivity contribution in [1.82, 2.24) is 0 Å². The first-order valence-corrected chi connectivity index (χ1v) is 4.45. The van der Waals surface area contributed by atoms with Crippen molar-refractivity contribution >= 4 is 5.97 Å². The van der Waals surface area contributed by atoms with Gasteiger partial charge in [-0.05, 0) is 18.8 Å². The summed E-state index contributed by atoms with van der Waals surface area (Å²) in [5.41, 5.74) is 0. The topological polar surface area (TPSA) is 55.8 Å². The maximum Gasteiger partial charge on any atom is 0.335 e. The largest absolute Gasteiger partial charge is 0.467 e. The number of aliphatic hydroxyl groups is 1. The molecule has 1 fully saturated rings. The molecule has 0 heterocycles. The van der Waals surface area contributed by atoms with E-state index in [-0.39, 0.29) is 5.92 Å². The zero-order valence-electron chi connectivity index (χ0n) is 8.03. The van der Waals surface area contributed by atoms with E-state index < -0.39 is 12.1 Å². The Morgan fingerprint density at radius 3 is 2.54 bits per heavy atom. The molecule has 13 heavy (non-hydrogen) atoms. The van der Waals surface area contributed by atoms with Crippen LogP contribution in [0, 0.1) is 11.8 Å². The molecule has 0 radical (unpaired) electrons. The summed E-state index contributed by atoms with van der Waals surface area (Å²) in [4.78, 5) is 11.0. The summed E-state index contributed by atoms with van der Waals surface area (Å²) in [6, 6.07) is 0. The first kappa shape index (κ1) is 10.5. The lowest BCUT2D eigenvalue weighted by atomic mass is 9.98. The van der Waals surface area contributed by atoms with E-state index in [0.29, 0.717) is 12.5 Å². The standard InChI is InChI=1S/C9H16O4/c1-12-5-7(6-3-4-6)8(10)9(11)13-2/h6-8,10H,3-5H2,1-2H3. The van der Waals surface area contributed by atoms with Crippen molar-refractivity contribution in [3.8, 4) is 0 Å². The molecular formula is C9H16O4. The fraction of sp³-hybridized carbons (Fsp3) is 0.889. The average molecular weight is 188 g/mol. The van der Waals surface area contributed by atoms with E-state index in [4.69, 9.17) is 4.74 Å². The number of methoxy groups -OCH3 is 2. The molecule has 1 aliphatic carbocycles. The number of carbonyl (C=O) groups is 1. The van der Waals surface area contributed by atoms with Gasteiger partial charge in [0.2, 0.25) is 0 Å². The van der Waals surface area contributed by atoms with E-state index in [9.17, 15) is 9.90 Å². The first-order valence-electron chi connectivity index (χ1n) is 4.45. The quantitative estimate of drug-likeness (QED) is 0.626. The van der Waals surface area contributed by atoms with Crippen molar-refractivity contribution < 1.29 is 19.4 Å². The monoisotopic (exact) mass is 188 g/mol. The molecule has 0 bridgehead atoms. The van der Waals surface area contributed by atoms with Gasteiger partial charge < -0.3 is 14.6 Å². The van der Waals surface area contributed by atoms with E-state index in [0.717, 1.165) is 12.8 Å². The summed E-state index contributed by atoms with van der Waals surface area (Å²) in [5, 5.41) is 9.56. The Kier molecular flexibility index (Phi) is 3.69. The van der Waals surface area contributed by atoms with E-state index in [1.807, 2.05) is 0 Å². The minimum Gasteiger partial charge on any atom is -0.467 e. The van der Waals surface area contributed by atoms with Crippen LogP contribution >= 0.6 is 0 Å². The Morgan fingerprint density at radius 1 is 1.54 bits per heavy atom. The van der Waals surface area contributed by atoms with Gasteiger partial charge in [0.1, 0.15) is 0 Å². The normalized spacial score (nSPS) is 20.8. The summed E-state index contributed by atoms with van der Waals surface area (Å²) in [6.07, 6.45) is 1.11.